The summed E-state index contributed by atoms with van der Waals surface area (Å²) >= 11 is 1.47. The van der Waals surface area contributed by atoms with Gasteiger partial charge in [0.25, 0.3) is 11.8 Å². The quantitative estimate of drug-likeness (QED) is 0.525. The van der Waals surface area contributed by atoms with E-state index in [1.807, 2.05) is 24.4 Å². The van der Waals surface area contributed by atoms with Gasteiger partial charge in [-0.25, -0.2) is 4.98 Å². The first kappa shape index (κ1) is 20.6. The van der Waals surface area contributed by atoms with E-state index in [0.29, 0.717) is 17.2 Å². The number of piperazine rings is 1. The van der Waals surface area contributed by atoms with E-state index in [1.54, 1.807) is 12.3 Å². The van der Waals surface area contributed by atoms with E-state index >= 15 is 0 Å². The SMILES string of the molecule is CC(c1nccs1)N1C(=O)c2cccc(N3CCN(C4CCCCCC4)CC3)c2C1=O. The molecule has 1 saturated carbocycles. The summed E-state index contributed by atoms with van der Waals surface area (Å²) in [7, 11) is 0. The van der Waals surface area contributed by atoms with Crippen LogP contribution in [-0.4, -0.2) is 58.8 Å². The van der Waals surface area contributed by atoms with Crippen molar-refractivity contribution in [3.8, 4) is 0 Å². The third kappa shape index (κ3) is 3.78. The van der Waals surface area contributed by atoms with Crippen LogP contribution in [0.1, 0.15) is 77.2 Å². The molecule has 0 N–H and O–H groups in total. The lowest BCUT2D eigenvalue weighted by Crippen LogP contribution is -2.50. The van der Waals surface area contributed by atoms with Crippen LogP contribution in [0.3, 0.4) is 0 Å². The summed E-state index contributed by atoms with van der Waals surface area (Å²) in [5, 5.41) is 2.66. The minimum absolute atomic E-state index is 0.190. The van der Waals surface area contributed by atoms with Crippen LogP contribution < -0.4 is 4.90 Å². The van der Waals surface area contributed by atoms with Crippen LogP contribution in [-0.2, 0) is 0 Å². The third-order valence-electron chi connectivity index (χ3n) is 7.12. The van der Waals surface area contributed by atoms with Crippen molar-refractivity contribution in [2.75, 3.05) is 31.1 Å². The molecule has 2 fully saturated rings. The van der Waals surface area contributed by atoms with E-state index in [9.17, 15) is 9.59 Å². The number of nitrogens with zero attached hydrogens (tertiary/aromatic N) is 4. The summed E-state index contributed by atoms with van der Waals surface area (Å²) in [6.45, 7) is 5.73. The van der Waals surface area contributed by atoms with E-state index in [1.165, 1.54) is 54.8 Å². The summed E-state index contributed by atoms with van der Waals surface area (Å²) in [4.78, 5) is 37.2. The van der Waals surface area contributed by atoms with Crippen molar-refractivity contribution in [3.63, 3.8) is 0 Å². The number of carbonyl (C=O) groups is 2. The largest absolute Gasteiger partial charge is 0.368 e. The summed E-state index contributed by atoms with van der Waals surface area (Å²) in [6, 6.07) is 6.06. The highest BCUT2D eigenvalue weighted by Crippen LogP contribution is 2.37. The first-order chi connectivity index (χ1) is 15.1. The molecule has 1 aromatic carbocycles. The monoisotopic (exact) mass is 438 g/mol. The normalized spacial score (nSPS) is 22.0. The van der Waals surface area contributed by atoms with Crippen LogP contribution in [0.15, 0.2) is 29.8 Å². The standard InChI is InChI=1S/C24H30N4O2S/c1-17(22-25-11-16-31-22)28-23(29)19-9-6-10-20(21(19)24(28)30)27-14-12-26(13-15-27)18-7-4-2-3-5-8-18/h6,9-11,16-18H,2-5,7-8,12-15H2,1H3. The van der Waals surface area contributed by atoms with Gasteiger partial charge in [-0.15, -0.1) is 11.3 Å². The number of carbonyl (C=O) groups excluding carboxylic acids is 2. The highest BCUT2D eigenvalue weighted by molar-refractivity contribution is 7.09. The summed E-state index contributed by atoms with van der Waals surface area (Å²) in [6.07, 6.45) is 9.79. The van der Waals surface area contributed by atoms with Crippen molar-refractivity contribution in [2.45, 2.75) is 57.5 Å². The Bertz CT molecular complexity index is 944. The molecule has 3 aliphatic rings. The van der Waals surface area contributed by atoms with Crippen molar-refractivity contribution in [3.05, 3.63) is 45.9 Å². The van der Waals surface area contributed by atoms with Crippen molar-refractivity contribution in [2.24, 2.45) is 0 Å². The molecular weight excluding hydrogens is 408 g/mol. The van der Waals surface area contributed by atoms with Crippen LogP contribution in [0.5, 0.6) is 0 Å². The van der Waals surface area contributed by atoms with Gasteiger partial charge >= 0.3 is 0 Å². The van der Waals surface area contributed by atoms with Gasteiger partial charge in [-0.3, -0.25) is 19.4 Å². The average Bonchev–Trinajstić information content (AvgIpc) is 3.32. The second kappa shape index (κ2) is 8.71. The van der Waals surface area contributed by atoms with Gasteiger partial charge in [-0.05, 0) is 31.9 Å². The molecule has 6 nitrogen and oxygen atoms in total. The molecule has 1 aromatic heterocycles. The molecule has 2 amide bonds. The second-order valence-corrected chi connectivity index (χ2v) is 9.82. The number of benzene rings is 1. The molecule has 3 heterocycles. The van der Waals surface area contributed by atoms with Gasteiger partial charge in [0.05, 0.1) is 22.9 Å². The zero-order chi connectivity index (χ0) is 21.4. The molecule has 0 bridgehead atoms. The van der Waals surface area contributed by atoms with Gasteiger partial charge in [-0.2, -0.15) is 0 Å². The smallest absolute Gasteiger partial charge is 0.264 e. The Morgan fingerprint density at radius 3 is 2.42 bits per heavy atom. The van der Waals surface area contributed by atoms with Gasteiger partial charge in [0.15, 0.2) is 0 Å². The Morgan fingerprint density at radius 1 is 1.00 bits per heavy atom. The van der Waals surface area contributed by atoms with E-state index in [2.05, 4.69) is 14.8 Å². The number of imide groups is 1. The van der Waals surface area contributed by atoms with Crippen molar-refractivity contribution >= 4 is 28.8 Å². The maximum Gasteiger partial charge on any atom is 0.264 e. The molecule has 1 aliphatic carbocycles. The zero-order valence-electron chi connectivity index (χ0n) is 18.1. The predicted molar refractivity (Wildman–Crippen MR) is 123 cm³/mol. The molecule has 0 spiro atoms. The molecule has 2 aliphatic heterocycles. The highest BCUT2D eigenvalue weighted by atomic mass is 32.1. The van der Waals surface area contributed by atoms with Gasteiger partial charge in [0.2, 0.25) is 0 Å². The Labute approximate surface area is 187 Å². The Kier molecular flexibility index (Phi) is 5.80. The molecule has 5 rings (SSSR count). The Hall–Kier alpha value is -2.25. The highest BCUT2D eigenvalue weighted by Gasteiger charge is 2.42. The first-order valence-corrected chi connectivity index (χ1v) is 12.4. The summed E-state index contributed by atoms with van der Waals surface area (Å²) < 4.78 is 0. The number of aromatic nitrogens is 1. The lowest BCUT2D eigenvalue weighted by molar-refractivity contribution is 0.0595. The van der Waals surface area contributed by atoms with Crippen molar-refractivity contribution in [1.82, 2.24) is 14.8 Å². The van der Waals surface area contributed by atoms with Gasteiger partial charge < -0.3 is 4.90 Å². The third-order valence-corrected chi connectivity index (χ3v) is 8.06. The molecule has 2 aromatic rings. The summed E-state index contributed by atoms with van der Waals surface area (Å²) in [5.41, 5.74) is 2.00. The minimum Gasteiger partial charge on any atom is -0.368 e. The topological polar surface area (TPSA) is 56.8 Å². The maximum absolute atomic E-state index is 13.4. The minimum atomic E-state index is -0.354. The van der Waals surface area contributed by atoms with Gasteiger partial charge in [0, 0.05) is 43.8 Å². The predicted octanol–water partition coefficient (Wildman–Crippen LogP) is 4.35. The molecule has 7 heteroatoms. The molecule has 1 unspecified atom stereocenters. The number of fused-ring (bicyclic) bond motifs is 1. The lowest BCUT2D eigenvalue weighted by atomic mass is 10.0. The number of rotatable bonds is 4. The van der Waals surface area contributed by atoms with Gasteiger partial charge in [-0.1, -0.05) is 31.7 Å². The van der Waals surface area contributed by atoms with Crippen LogP contribution in [0.2, 0.25) is 0 Å². The van der Waals surface area contributed by atoms with Crippen LogP contribution in [0.4, 0.5) is 5.69 Å². The maximum atomic E-state index is 13.4. The van der Waals surface area contributed by atoms with Crippen molar-refractivity contribution in [1.29, 1.82) is 0 Å². The van der Waals surface area contributed by atoms with Gasteiger partial charge in [0.1, 0.15) is 5.01 Å². The fourth-order valence-corrected chi connectivity index (χ4v) is 6.09. The number of hydrogen-bond acceptors (Lipinski definition) is 6. The molecule has 1 saturated heterocycles. The molecule has 1 atom stereocenters. The number of hydrogen-bond donors (Lipinski definition) is 0. The van der Waals surface area contributed by atoms with E-state index in [-0.39, 0.29) is 17.9 Å². The molecule has 0 radical (unpaired) electrons. The average molecular weight is 439 g/mol. The Morgan fingerprint density at radius 2 is 1.74 bits per heavy atom. The number of thiazole rings is 1. The number of anilines is 1. The fraction of sp³-hybridized carbons (Fsp3) is 0.542. The molecule has 164 valence electrons. The van der Waals surface area contributed by atoms with E-state index in [4.69, 9.17) is 0 Å². The summed E-state index contributed by atoms with van der Waals surface area (Å²) in [5.74, 6) is -0.397. The zero-order valence-corrected chi connectivity index (χ0v) is 18.9. The number of amides is 2. The van der Waals surface area contributed by atoms with E-state index in [0.717, 1.165) is 36.9 Å². The second-order valence-electron chi connectivity index (χ2n) is 8.89. The lowest BCUT2D eigenvalue weighted by Gasteiger charge is -2.40. The first-order valence-electron chi connectivity index (χ1n) is 11.5. The molecular formula is C24H30N4O2S. The van der Waals surface area contributed by atoms with E-state index < -0.39 is 0 Å². The fourth-order valence-electron chi connectivity index (χ4n) is 5.40. The van der Waals surface area contributed by atoms with Crippen LogP contribution in [0.25, 0.3) is 0 Å². The van der Waals surface area contributed by atoms with Crippen molar-refractivity contribution < 1.29 is 9.59 Å². The van der Waals surface area contributed by atoms with Crippen LogP contribution in [0, 0.1) is 0 Å². The Balaban J connectivity index is 1.34. The van der Waals surface area contributed by atoms with Crippen LogP contribution >= 0.6 is 11.3 Å². The molecule has 31 heavy (non-hydrogen) atoms.